The molecule has 0 aliphatic heterocycles. The second-order valence-corrected chi connectivity index (χ2v) is 19.1. The number of aliphatic hydroxyl groups excluding tert-OH is 5. The Labute approximate surface area is 375 Å². The van der Waals surface area contributed by atoms with Crippen LogP contribution in [0.15, 0.2) is 12.2 Å². The first kappa shape index (κ1) is 58.6. The topological polar surface area (TPSA) is 210 Å². The molecule has 0 amide bonds. The molecule has 1 rings (SSSR count). The van der Waals surface area contributed by atoms with Gasteiger partial charge in [0.05, 0.1) is 6.61 Å². The van der Waals surface area contributed by atoms with Crippen molar-refractivity contribution in [3.8, 4) is 0 Å². The molecule has 0 aromatic carbocycles. The lowest BCUT2D eigenvalue weighted by Gasteiger charge is -2.41. The molecular weight excluding hydrogens is 815 g/mol. The Morgan fingerprint density at radius 1 is 0.484 bits per heavy atom. The van der Waals surface area contributed by atoms with Crippen molar-refractivity contribution in [2.24, 2.45) is 0 Å². The number of aliphatic hydroxyl groups is 5. The van der Waals surface area contributed by atoms with Crippen LogP contribution in [0.5, 0.6) is 0 Å². The third kappa shape index (κ3) is 30.7. The standard InChI is InChI=1S/C48H91O13P/c1-3-5-7-9-11-13-15-17-19-20-21-23-24-26-28-30-32-34-36-41(49)58-38-40(39-59-62(56,57)61-48-46(54)44(52)43(51)45(53)47(48)55)60-42(50)37-35-33-31-29-27-25-22-18-16-14-12-10-8-6-4-2/h27,29,40,43-48,51-55H,3-26,28,30-39H2,1-2H3,(H,56,57)/b29-27+/t40-,43?,44-,45?,46?,47?,48?/m0/s1. The summed E-state index contributed by atoms with van der Waals surface area (Å²) in [5, 5.41) is 50.2. The fourth-order valence-corrected chi connectivity index (χ4v) is 8.79. The van der Waals surface area contributed by atoms with Gasteiger partial charge in [0, 0.05) is 12.8 Å². The van der Waals surface area contributed by atoms with Crippen LogP contribution in [0.3, 0.4) is 0 Å². The monoisotopic (exact) mass is 907 g/mol. The predicted octanol–water partition coefficient (Wildman–Crippen LogP) is 10.2. The Hall–Kier alpha value is -1.41. The van der Waals surface area contributed by atoms with Crippen LogP contribution >= 0.6 is 7.82 Å². The first-order valence-corrected chi connectivity index (χ1v) is 26.5. The van der Waals surface area contributed by atoms with Gasteiger partial charge in [-0.15, -0.1) is 0 Å². The predicted molar refractivity (Wildman–Crippen MR) is 244 cm³/mol. The number of hydrogen-bond acceptors (Lipinski definition) is 12. The molecule has 0 saturated heterocycles. The molecule has 1 aliphatic rings. The molecule has 13 nitrogen and oxygen atoms in total. The van der Waals surface area contributed by atoms with E-state index in [1.54, 1.807) is 0 Å². The van der Waals surface area contributed by atoms with Crippen LogP contribution in [0.2, 0.25) is 0 Å². The van der Waals surface area contributed by atoms with E-state index < -0.39 is 75.7 Å². The summed E-state index contributed by atoms with van der Waals surface area (Å²) in [7, 11) is -5.12. The first-order chi connectivity index (χ1) is 29.9. The Kier molecular flexibility index (Phi) is 36.7. The van der Waals surface area contributed by atoms with Crippen LogP contribution in [0.25, 0.3) is 0 Å². The highest BCUT2D eigenvalue weighted by molar-refractivity contribution is 7.47. The third-order valence-electron chi connectivity index (χ3n) is 11.9. The van der Waals surface area contributed by atoms with Crippen LogP contribution in [-0.2, 0) is 32.7 Å². The van der Waals surface area contributed by atoms with Crippen molar-refractivity contribution in [3.63, 3.8) is 0 Å². The van der Waals surface area contributed by atoms with Gasteiger partial charge in [0.2, 0.25) is 0 Å². The summed E-state index contributed by atoms with van der Waals surface area (Å²) in [6.45, 7) is 3.31. The molecule has 1 fully saturated rings. The molecule has 1 aliphatic carbocycles. The number of phosphoric acid groups is 1. The Morgan fingerprint density at radius 3 is 1.26 bits per heavy atom. The molecule has 1 saturated carbocycles. The Balaban J connectivity index is 2.41. The highest BCUT2D eigenvalue weighted by Gasteiger charge is 2.51. The molecule has 366 valence electrons. The van der Waals surface area contributed by atoms with Gasteiger partial charge in [-0.05, 0) is 38.5 Å². The van der Waals surface area contributed by atoms with Gasteiger partial charge in [0.25, 0.3) is 0 Å². The maximum Gasteiger partial charge on any atom is 0.472 e. The lowest BCUT2D eigenvalue weighted by atomic mass is 9.85. The zero-order valence-electron chi connectivity index (χ0n) is 38.9. The van der Waals surface area contributed by atoms with Gasteiger partial charge in [-0.3, -0.25) is 18.6 Å². The molecule has 14 heteroatoms. The highest BCUT2D eigenvalue weighted by atomic mass is 31.2. The van der Waals surface area contributed by atoms with Crippen molar-refractivity contribution in [2.45, 2.75) is 268 Å². The van der Waals surface area contributed by atoms with Crippen LogP contribution in [-0.4, -0.2) is 98.3 Å². The molecule has 0 radical (unpaired) electrons. The van der Waals surface area contributed by atoms with Gasteiger partial charge >= 0.3 is 19.8 Å². The van der Waals surface area contributed by atoms with E-state index in [4.69, 9.17) is 18.5 Å². The number of ether oxygens (including phenoxy) is 2. The van der Waals surface area contributed by atoms with Crippen molar-refractivity contribution in [1.82, 2.24) is 0 Å². The average molecular weight is 907 g/mol. The quantitative estimate of drug-likeness (QED) is 0.0146. The Morgan fingerprint density at radius 2 is 0.823 bits per heavy atom. The summed E-state index contributed by atoms with van der Waals surface area (Å²) in [4.78, 5) is 35.7. The molecule has 0 aromatic rings. The molecule has 6 N–H and O–H groups in total. The summed E-state index contributed by atoms with van der Waals surface area (Å²) in [6, 6.07) is 0. The van der Waals surface area contributed by atoms with Crippen molar-refractivity contribution in [1.29, 1.82) is 0 Å². The third-order valence-corrected chi connectivity index (χ3v) is 12.8. The van der Waals surface area contributed by atoms with Crippen molar-refractivity contribution >= 4 is 19.8 Å². The highest BCUT2D eigenvalue weighted by Crippen LogP contribution is 2.47. The minimum absolute atomic E-state index is 0.0711. The van der Waals surface area contributed by atoms with Crippen LogP contribution in [0.1, 0.15) is 226 Å². The second kappa shape index (κ2) is 38.8. The van der Waals surface area contributed by atoms with E-state index in [1.807, 2.05) is 0 Å². The summed E-state index contributed by atoms with van der Waals surface area (Å²) in [6.07, 6.45) is 28.4. The normalized spacial score (nSPS) is 21.9. The lowest BCUT2D eigenvalue weighted by molar-refractivity contribution is -0.220. The van der Waals surface area contributed by atoms with Crippen LogP contribution < -0.4 is 0 Å². The van der Waals surface area contributed by atoms with E-state index in [-0.39, 0.29) is 12.8 Å². The Bertz CT molecular complexity index is 1140. The number of allylic oxidation sites excluding steroid dienone is 2. The first-order valence-electron chi connectivity index (χ1n) is 25.0. The molecule has 0 bridgehead atoms. The lowest BCUT2D eigenvalue weighted by Crippen LogP contribution is -2.64. The fourth-order valence-electron chi connectivity index (χ4n) is 7.81. The van der Waals surface area contributed by atoms with E-state index in [1.165, 1.54) is 148 Å². The zero-order valence-corrected chi connectivity index (χ0v) is 39.8. The van der Waals surface area contributed by atoms with E-state index >= 15 is 0 Å². The van der Waals surface area contributed by atoms with Crippen LogP contribution in [0, 0.1) is 0 Å². The summed E-state index contributed by atoms with van der Waals surface area (Å²) in [5.41, 5.74) is 0. The number of carbonyl (C=O) groups excluding carboxylic acids is 2. The number of carbonyl (C=O) groups is 2. The van der Waals surface area contributed by atoms with E-state index in [9.17, 15) is 44.6 Å². The second-order valence-electron chi connectivity index (χ2n) is 17.7. The van der Waals surface area contributed by atoms with Crippen molar-refractivity contribution < 1.29 is 63.1 Å². The fraction of sp³-hybridized carbons (Fsp3) is 0.917. The van der Waals surface area contributed by atoms with Crippen molar-refractivity contribution in [3.05, 3.63) is 12.2 Å². The van der Waals surface area contributed by atoms with E-state index in [0.717, 1.165) is 38.5 Å². The average Bonchev–Trinajstić information content (AvgIpc) is 3.25. The van der Waals surface area contributed by atoms with E-state index in [0.29, 0.717) is 12.8 Å². The summed E-state index contributed by atoms with van der Waals surface area (Å²) in [5.74, 6) is -1.11. The van der Waals surface area contributed by atoms with Gasteiger partial charge in [0.15, 0.2) is 6.10 Å². The molecule has 62 heavy (non-hydrogen) atoms. The number of esters is 2. The molecule has 0 heterocycles. The maximum atomic E-state index is 12.8. The number of unbranched alkanes of at least 4 members (excludes halogenated alkanes) is 28. The zero-order chi connectivity index (χ0) is 45.7. The van der Waals surface area contributed by atoms with E-state index in [2.05, 4.69) is 26.0 Å². The summed E-state index contributed by atoms with van der Waals surface area (Å²) < 4.78 is 33.6. The van der Waals surface area contributed by atoms with Gasteiger partial charge < -0.3 is 39.9 Å². The minimum atomic E-state index is -5.12. The molecule has 0 aromatic heterocycles. The number of rotatable bonds is 42. The minimum Gasteiger partial charge on any atom is -0.462 e. The largest absolute Gasteiger partial charge is 0.472 e. The van der Waals surface area contributed by atoms with Gasteiger partial charge in [-0.25, -0.2) is 4.57 Å². The van der Waals surface area contributed by atoms with Gasteiger partial charge in [-0.2, -0.15) is 0 Å². The maximum absolute atomic E-state index is 12.8. The number of hydrogen-bond donors (Lipinski definition) is 6. The van der Waals surface area contributed by atoms with Gasteiger partial charge in [0.1, 0.15) is 43.2 Å². The van der Waals surface area contributed by atoms with Gasteiger partial charge in [-0.1, -0.05) is 187 Å². The van der Waals surface area contributed by atoms with Crippen LogP contribution in [0.4, 0.5) is 0 Å². The molecule has 6 unspecified atom stereocenters. The summed E-state index contributed by atoms with van der Waals surface area (Å²) >= 11 is 0. The number of phosphoric ester groups is 1. The van der Waals surface area contributed by atoms with Crippen molar-refractivity contribution in [2.75, 3.05) is 13.2 Å². The molecular formula is C48H91O13P. The smallest absolute Gasteiger partial charge is 0.462 e. The molecule has 8 atom stereocenters. The molecule has 0 spiro atoms. The SMILES string of the molecule is CCCCCCCCCCC/C=C/CCCCC(=O)O[C@@H](COC(=O)CCCCCCCCCCCCCCCCCCCC)COP(=O)(O)OC1C(O)C(O)C(O)[C@H](O)C1O.